The fourth-order valence-corrected chi connectivity index (χ4v) is 2.02. The van der Waals surface area contributed by atoms with Crippen LogP contribution in [0.1, 0.15) is 28.8 Å². The Morgan fingerprint density at radius 2 is 1.80 bits per heavy atom. The molecule has 1 heterocycles. The van der Waals surface area contributed by atoms with Crippen LogP contribution in [-0.4, -0.2) is 23.9 Å². The fourth-order valence-electron chi connectivity index (χ4n) is 1.84. The Bertz CT molecular complexity index is 341. The van der Waals surface area contributed by atoms with Gasteiger partial charge < -0.3 is 4.90 Å². The van der Waals surface area contributed by atoms with E-state index in [1.807, 2.05) is 29.2 Å². The molecule has 0 N–H and O–H groups in total. The zero-order valence-electron chi connectivity index (χ0n) is 8.58. The van der Waals surface area contributed by atoms with Gasteiger partial charge in [0.15, 0.2) is 0 Å². The lowest BCUT2D eigenvalue weighted by Crippen LogP contribution is -2.27. The van der Waals surface area contributed by atoms with Crippen LogP contribution in [0.2, 0.25) is 0 Å². The van der Waals surface area contributed by atoms with Crippen molar-refractivity contribution in [2.45, 2.75) is 18.7 Å². The second-order valence-corrected chi connectivity index (χ2v) is 4.10. The molecule has 2 nitrogen and oxygen atoms in total. The smallest absolute Gasteiger partial charge is 0.253 e. The largest absolute Gasteiger partial charge is 0.339 e. The first-order valence-corrected chi connectivity index (χ1v) is 5.79. The van der Waals surface area contributed by atoms with Crippen molar-refractivity contribution in [3.8, 4) is 0 Å². The number of rotatable bonds is 2. The van der Waals surface area contributed by atoms with Gasteiger partial charge in [-0.25, -0.2) is 0 Å². The van der Waals surface area contributed by atoms with E-state index in [9.17, 15) is 4.79 Å². The van der Waals surface area contributed by atoms with Crippen LogP contribution in [0.25, 0.3) is 0 Å². The highest BCUT2D eigenvalue weighted by molar-refractivity contribution is 6.17. The van der Waals surface area contributed by atoms with Crippen LogP contribution in [0, 0.1) is 0 Å². The quantitative estimate of drug-likeness (QED) is 0.706. The minimum Gasteiger partial charge on any atom is -0.339 e. The van der Waals surface area contributed by atoms with Gasteiger partial charge in [0, 0.05) is 24.5 Å². The molecular weight excluding hydrogens is 210 g/mol. The molecule has 1 aromatic rings. The van der Waals surface area contributed by atoms with Gasteiger partial charge in [0.2, 0.25) is 0 Å². The molecule has 0 bridgehead atoms. The molecule has 2 rings (SSSR count). The highest BCUT2D eigenvalue weighted by Crippen LogP contribution is 2.14. The lowest BCUT2D eigenvalue weighted by atomic mass is 10.1. The maximum atomic E-state index is 11.9. The number of halogens is 1. The molecule has 1 aliphatic rings. The van der Waals surface area contributed by atoms with E-state index in [1.165, 1.54) is 0 Å². The summed E-state index contributed by atoms with van der Waals surface area (Å²) in [6, 6.07) is 7.54. The Morgan fingerprint density at radius 3 is 2.33 bits per heavy atom. The number of alkyl halides is 1. The molecule has 1 amide bonds. The molecule has 1 fully saturated rings. The van der Waals surface area contributed by atoms with Gasteiger partial charge in [0.25, 0.3) is 5.91 Å². The third kappa shape index (κ3) is 2.32. The first kappa shape index (κ1) is 10.5. The number of hydrogen-bond donors (Lipinski definition) is 0. The summed E-state index contributed by atoms with van der Waals surface area (Å²) >= 11 is 5.69. The van der Waals surface area contributed by atoms with Crippen molar-refractivity contribution in [1.82, 2.24) is 4.90 Å². The molecule has 80 valence electrons. The first-order chi connectivity index (χ1) is 7.31. The lowest BCUT2D eigenvalue weighted by Gasteiger charge is -2.15. The Morgan fingerprint density at radius 1 is 1.20 bits per heavy atom. The molecule has 1 aliphatic heterocycles. The van der Waals surface area contributed by atoms with E-state index in [0.717, 1.165) is 37.1 Å². The van der Waals surface area contributed by atoms with Crippen molar-refractivity contribution >= 4 is 17.5 Å². The van der Waals surface area contributed by atoms with Gasteiger partial charge in [0.05, 0.1) is 0 Å². The normalized spacial score (nSPS) is 15.7. The van der Waals surface area contributed by atoms with Crippen LogP contribution < -0.4 is 0 Å². The van der Waals surface area contributed by atoms with Gasteiger partial charge in [-0.1, -0.05) is 12.1 Å². The molecule has 0 radical (unpaired) electrons. The predicted octanol–water partition coefficient (Wildman–Crippen LogP) is 2.66. The van der Waals surface area contributed by atoms with Crippen molar-refractivity contribution in [3.63, 3.8) is 0 Å². The van der Waals surface area contributed by atoms with Crippen molar-refractivity contribution < 1.29 is 4.79 Å². The molecule has 0 unspecified atom stereocenters. The molecule has 3 heteroatoms. The predicted molar refractivity (Wildman–Crippen MR) is 61.1 cm³/mol. The van der Waals surface area contributed by atoms with Gasteiger partial charge in [0.1, 0.15) is 0 Å². The van der Waals surface area contributed by atoms with E-state index in [1.54, 1.807) is 0 Å². The lowest BCUT2D eigenvalue weighted by molar-refractivity contribution is 0.0793. The summed E-state index contributed by atoms with van der Waals surface area (Å²) in [5, 5.41) is 0. The summed E-state index contributed by atoms with van der Waals surface area (Å²) < 4.78 is 0. The number of nitrogens with zero attached hydrogens (tertiary/aromatic N) is 1. The summed E-state index contributed by atoms with van der Waals surface area (Å²) in [6.45, 7) is 1.80. The van der Waals surface area contributed by atoms with E-state index in [-0.39, 0.29) is 5.91 Å². The highest BCUT2D eigenvalue weighted by Gasteiger charge is 2.18. The van der Waals surface area contributed by atoms with Crippen molar-refractivity contribution in [2.75, 3.05) is 13.1 Å². The Hall–Kier alpha value is -1.02. The van der Waals surface area contributed by atoms with Crippen LogP contribution in [0.5, 0.6) is 0 Å². The monoisotopic (exact) mass is 223 g/mol. The molecule has 0 aliphatic carbocycles. The Balaban J connectivity index is 2.11. The summed E-state index contributed by atoms with van der Waals surface area (Å²) in [6.07, 6.45) is 2.26. The van der Waals surface area contributed by atoms with Crippen LogP contribution in [-0.2, 0) is 5.88 Å². The van der Waals surface area contributed by atoms with E-state index in [0.29, 0.717) is 5.88 Å². The summed E-state index contributed by atoms with van der Waals surface area (Å²) in [5.74, 6) is 0.645. The highest BCUT2D eigenvalue weighted by atomic mass is 35.5. The molecule has 0 aromatic heterocycles. The molecule has 0 saturated carbocycles. The SMILES string of the molecule is O=C(c1ccc(CCl)cc1)N1CCCC1. The average molecular weight is 224 g/mol. The zero-order valence-corrected chi connectivity index (χ0v) is 9.33. The molecule has 15 heavy (non-hydrogen) atoms. The second kappa shape index (κ2) is 4.67. The molecule has 1 aromatic carbocycles. The minimum atomic E-state index is 0.147. The van der Waals surface area contributed by atoms with E-state index >= 15 is 0 Å². The van der Waals surface area contributed by atoms with E-state index in [4.69, 9.17) is 11.6 Å². The van der Waals surface area contributed by atoms with Crippen LogP contribution in [0.15, 0.2) is 24.3 Å². The van der Waals surface area contributed by atoms with E-state index < -0.39 is 0 Å². The van der Waals surface area contributed by atoms with Crippen LogP contribution in [0.4, 0.5) is 0 Å². The zero-order chi connectivity index (χ0) is 10.7. The third-order valence-electron chi connectivity index (χ3n) is 2.75. The Kier molecular flexibility index (Phi) is 3.27. The van der Waals surface area contributed by atoms with Crippen molar-refractivity contribution in [1.29, 1.82) is 0 Å². The summed E-state index contributed by atoms with van der Waals surface area (Å²) in [5.41, 5.74) is 1.82. The number of carbonyl (C=O) groups excluding carboxylic acids is 1. The number of carbonyl (C=O) groups is 1. The topological polar surface area (TPSA) is 20.3 Å². The van der Waals surface area contributed by atoms with Gasteiger partial charge in [-0.3, -0.25) is 4.79 Å². The average Bonchev–Trinajstić information content (AvgIpc) is 2.82. The molecule has 0 atom stereocenters. The molecule has 0 spiro atoms. The summed E-state index contributed by atoms with van der Waals surface area (Å²) in [7, 11) is 0. The number of hydrogen-bond acceptors (Lipinski definition) is 1. The minimum absolute atomic E-state index is 0.147. The molecule has 1 saturated heterocycles. The number of amides is 1. The van der Waals surface area contributed by atoms with Crippen molar-refractivity contribution in [2.24, 2.45) is 0 Å². The van der Waals surface area contributed by atoms with Crippen LogP contribution >= 0.6 is 11.6 Å². The third-order valence-corrected chi connectivity index (χ3v) is 3.06. The van der Waals surface area contributed by atoms with Gasteiger partial charge in [-0.05, 0) is 30.5 Å². The van der Waals surface area contributed by atoms with Crippen molar-refractivity contribution in [3.05, 3.63) is 35.4 Å². The standard InChI is InChI=1S/C12H14ClNO/c13-9-10-3-5-11(6-4-10)12(15)14-7-1-2-8-14/h3-6H,1-2,7-9H2. The fraction of sp³-hybridized carbons (Fsp3) is 0.417. The Labute approximate surface area is 94.8 Å². The maximum absolute atomic E-state index is 11.9. The first-order valence-electron chi connectivity index (χ1n) is 5.25. The maximum Gasteiger partial charge on any atom is 0.253 e. The molecular formula is C12H14ClNO. The van der Waals surface area contributed by atoms with Gasteiger partial charge in [-0.2, -0.15) is 0 Å². The second-order valence-electron chi connectivity index (χ2n) is 3.83. The number of likely N-dealkylation sites (tertiary alicyclic amines) is 1. The number of benzene rings is 1. The van der Waals surface area contributed by atoms with Crippen LogP contribution in [0.3, 0.4) is 0 Å². The van der Waals surface area contributed by atoms with Gasteiger partial charge >= 0.3 is 0 Å². The van der Waals surface area contributed by atoms with E-state index in [2.05, 4.69) is 0 Å². The summed E-state index contributed by atoms with van der Waals surface area (Å²) in [4.78, 5) is 13.9. The van der Waals surface area contributed by atoms with Gasteiger partial charge in [-0.15, -0.1) is 11.6 Å².